The number of anilines is 1. The fourth-order valence-electron chi connectivity index (χ4n) is 2.57. The standard InChI is InChI=1S/C19H20N4O2/c1-13-12-20-8-7-14(13)10-19(24)21-18-11-17(22-23(18)2)15-5-4-6-16(9-15)25-3/h4-9,11-12H,10H2,1-3H3,(H,21,24). The highest BCUT2D eigenvalue weighted by Crippen LogP contribution is 2.25. The van der Waals surface area contributed by atoms with Gasteiger partial charge in [0.15, 0.2) is 0 Å². The zero-order valence-electron chi connectivity index (χ0n) is 14.5. The molecule has 1 aromatic carbocycles. The summed E-state index contributed by atoms with van der Waals surface area (Å²) in [5.74, 6) is 1.32. The molecular formula is C19H20N4O2. The molecule has 0 aliphatic rings. The van der Waals surface area contributed by atoms with Crippen LogP contribution in [0.2, 0.25) is 0 Å². The number of nitrogens with zero attached hydrogens (tertiary/aromatic N) is 3. The normalized spacial score (nSPS) is 10.5. The molecule has 2 heterocycles. The first-order chi connectivity index (χ1) is 12.1. The third-order valence-corrected chi connectivity index (χ3v) is 4.00. The largest absolute Gasteiger partial charge is 0.497 e. The number of carbonyl (C=O) groups excluding carboxylic acids is 1. The van der Waals surface area contributed by atoms with Crippen LogP contribution in [0.5, 0.6) is 5.75 Å². The van der Waals surface area contributed by atoms with E-state index in [1.807, 2.05) is 43.3 Å². The molecule has 25 heavy (non-hydrogen) atoms. The maximum Gasteiger partial charge on any atom is 0.229 e. The molecular weight excluding hydrogens is 316 g/mol. The van der Waals surface area contributed by atoms with Crippen LogP contribution in [-0.2, 0) is 18.3 Å². The zero-order valence-corrected chi connectivity index (χ0v) is 14.5. The Balaban J connectivity index is 1.76. The van der Waals surface area contributed by atoms with Crippen molar-refractivity contribution in [2.24, 2.45) is 7.05 Å². The average Bonchev–Trinajstić information content (AvgIpc) is 2.97. The number of aromatic nitrogens is 3. The highest BCUT2D eigenvalue weighted by atomic mass is 16.5. The molecule has 3 aromatic rings. The predicted octanol–water partition coefficient (Wildman–Crippen LogP) is 2.98. The second-order valence-electron chi connectivity index (χ2n) is 5.80. The van der Waals surface area contributed by atoms with Gasteiger partial charge in [0.25, 0.3) is 0 Å². The van der Waals surface area contributed by atoms with Crippen LogP contribution < -0.4 is 10.1 Å². The third kappa shape index (κ3) is 3.85. The number of carbonyl (C=O) groups is 1. The van der Waals surface area contributed by atoms with Crippen LogP contribution in [0.3, 0.4) is 0 Å². The van der Waals surface area contributed by atoms with Crippen molar-refractivity contribution < 1.29 is 9.53 Å². The predicted molar refractivity (Wildman–Crippen MR) is 96.5 cm³/mol. The van der Waals surface area contributed by atoms with Crippen molar-refractivity contribution >= 4 is 11.7 Å². The van der Waals surface area contributed by atoms with Gasteiger partial charge in [0.05, 0.1) is 19.2 Å². The van der Waals surface area contributed by atoms with Crippen molar-refractivity contribution in [3.05, 3.63) is 59.9 Å². The van der Waals surface area contributed by atoms with Gasteiger partial charge < -0.3 is 10.1 Å². The number of ether oxygens (including phenoxy) is 1. The van der Waals surface area contributed by atoms with Crippen molar-refractivity contribution in [3.63, 3.8) is 0 Å². The Morgan fingerprint density at radius 3 is 2.88 bits per heavy atom. The molecule has 0 saturated heterocycles. The first-order valence-electron chi connectivity index (χ1n) is 7.94. The van der Waals surface area contributed by atoms with E-state index in [1.165, 1.54) is 0 Å². The molecule has 1 amide bonds. The molecule has 0 unspecified atom stereocenters. The maximum absolute atomic E-state index is 12.3. The molecule has 2 aromatic heterocycles. The molecule has 6 nitrogen and oxygen atoms in total. The molecule has 0 atom stereocenters. The third-order valence-electron chi connectivity index (χ3n) is 4.00. The number of hydrogen-bond donors (Lipinski definition) is 1. The lowest BCUT2D eigenvalue weighted by molar-refractivity contribution is -0.115. The number of nitrogens with one attached hydrogen (secondary N) is 1. The minimum absolute atomic E-state index is 0.0884. The van der Waals surface area contributed by atoms with Crippen molar-refractivity contribution in [1.29, 1.82) is 0 Å². The van der Waals surface area contributed by atoms with Gasteiger partial charge in [0, 0.05) is 31.1 Å². The Hall–Kier alpha value is -3.15. The number of rotatable bonds is 5. The Bertz CT molecular complexity index is 902. The van der Waals surface area contributed by atoms with E-state index in [9.17, 15) is 4.79 Å². The van der Waals surface area contributed by atoms with Crippen molar-refractivity contribution in [1.82, 2.24) is 14.8 Å². The highest BCUT2D eigenvalue weighted by Gasteiger charge is 2.12. The van der Waals surface area contributed by atoms with Crippen LogP contribution >= 0.6 is 0 Å². The fraction of sp³-hybridized carbons (Fsp3) is 0.211. The lowest BCUT2D eigenvalue weighted by Gasteiger charge is -2.06. The summed E-state index contributed by atoms with van der Waals surface area (Å²) in [6, 6.07) is 11.4. The molecule has 0 spiro atoms. The summed E-state index contributed by atoms with van der Waals surface area (Å²) in [5.41, 5.74) is 3.67. The van der Waals surface area contributed by atoms with Gasteiger partial charge in [-0.2, -0.15) is 5.10 Å². The van der Waals surface area contributed by atoms with Crippen LogP contribution in [0.4, 0.5) is 5.82 Å². The van der Waals surface area contributed by atoms with E-state index in [0.717, 1.165) is 28.1 Å². The molecule has 0 saturated carbocycles. The Labute approximate surface area is 146 Å². The minimum atomic E-state index is -0.0884. The van der Waals surface area contributed by atoms with E-state index in [1.54, 1.807) is 31.2 Å². The van der Waals surface area contributed by atoms with E-state index < -0.39 is 0 Å². The Morgan fingerprint density at radius 2 is 2.12 bits per heavy atom. The van der Waals surface area contributed by atoms with Gasteiger partial charge in [-0.15, -0.1) is 0 Å². The van der Waals surface area contributed by atoms with Crippen LogP contribution in [0, 0.1) is 6.92 Å². The maximum atomic E-state index is 12.3. The first-order valence-corrected chi connectivity index (χ1v) is 7.94. The van der Waals surface area contributed by atoms with Crippen LogP contribution in [0.25, 0.3) is 11.3 Å². The van der Waals surface area contributed by atoms with Crippen molar-refractivity contribution in [2.45, 2.75) is 13.3 Å². The first kappa shape index (κ1) is 16.7. The number of benzene rings is 1. The van der Waals surface area contributed by atoms with Gasteiger partial charge in [0.1, 0.15) is 11.6 Å². The monoisotopic (exact) mass is 336 g/mol. The van der Waals surface area contributed by atoms with E-state index in [-0.39, 0.29) is 5.91 Å². The summed E-state index contributed by atoms with van der Waals surface area (Å²) < 4.78 is 6.90. The summed E-state index contributed by atoms with van der Waals surface area (Å²) in [6.07, 6.45) is 3.75. The summed E-state index contributed by atoms with van der Waals surface area (Å²) in [6.45, 7) is 1.95. The van der Waals surface area contributed by atoms with E-state index in [0.29, 0.717) is 12.2 Å². The second kappa shape index (κ2) is 7.17. The Kier molecular flexibility index (Phi) is 4.79. The van der Waals surface area contributed by atoms with Gasteiger partial charge >= 0.3 is 0 Å². The van der Waals surface area contributed by atoms with Crippen molar-refractivity contribution in [2.75, 3.05) is 12.4 Å². The number of amides is 1. The lowest BCUT2D eigenvalue weighted by atomic mass is 10.1. The van der Waals surface area contributed by atoms with E-state index in [4.69, 9.17) is 4.74 Å². The van der Waals surface area contributed by atoms with Crippen LogP contribution in [0.1, 0.15) is 11.1 Å². The summed E-state index contributed by atoms with van der Waals surface area (Å²) in [5, 5.41) is 7.38. The number of methoxy groups -OCH3 is 1. The lowest BCUT2D eigenvalue weighted by Crippen LogP contribution is -2.17. The van der Waals surface area contributed by atoms with Crippen LogP contribution in [-0.4, -0.2) is 27.8 Å². The summed E-state index contributed by atoms with van der Waals surface area (Å²) in [7, 11) is 3.43. The quantitative estimate of drug-likeness (QED) is 0.778. The molecule has 0 aliphatic heterocycles. The highest BCUT2D eigenvalue weighted by molar-refractivity contribution is 5.92. The molecule has 6 heteroatoms. The zero-order chi connectivity index (χ0) is 17.8. The number of hydrogen-bond acceptors (Lipinski definition) is 4. The molecule has 0 radical (unpaired) electrons. The molecule has 1 N–H and O–H groups in total. The number of pyridine rings is 1. The van der Waals surface area contributed by atoms with Gasteiger partial charge in [0.2, 0.25) is 5.91 Å². The van der Waals surface area contributed by atoms with Gasteiger partial charge in [-0.05, 0) is 36.2 Å². The summed E-state index contributed by atoms with van der Waals surface area (Å²) in [4.78, 5) is 16.4. The smallest absolute Gasteiger partial charge is 0.229 e. The van der Waals surface area contributed by atoms with Gasteiger partial charge in [-0.1, -0.05) is 12.1 Å². The van der Waals surface area contributed by atoms with Crippen molar-refractivity contribution in [3.8, 4) is 17.0 Å². The average molecular weight is 336 g/mol. The molecule has 0 aliphatic carbocycles. The minimum Gasteiger partial charge on any atom is -0.497 e. The molecule has 0 bridgehead atoms. The van der Waals surface area contributed by atoms with E-state index in [2.05, 4.69) is 15.4 Å². The van der Waals surface area contributed by atoms with Gasteiger partial charge in [-0.25, -0.2) is 0 Å². The molecule has 128 valence electrons. The second-order valence-corrected chi connectivity index (χ2v) is 5.80. The summed E-state index contributed by atoms with van der Waals surface area (Å²) >= 11 is 0. The molecule has 3 rings (SSSR count). The SMILES string of the molecule is COc1cccc(-c2cc(NC(=O)Cc3ccncc3C)n(C)n2)c1. The van der Waals surface area contributed by atoms with E-state index >= 15 is 0 Å². The Morgan fingerprint density at radius 1 is 1.28 bits per heavy atom. The van der Waals surface area contributed by atoms with Crippen LogP contribution in [0.15, 0.2) is 48.8 Å². The number of aryl methyl sites for hydroxylation is 2. The van der Waals surface area contributed by atoms with Gasteiger partial charge in [-0.3, -0.25) is 14.5 Å². The molecule has 0 fully saturated rings. The fourth-order valence-corrected chi connectivity index (χ4v) is 2.57. The topological polar surface area (TPSA) is 69.0 Å².